The van der Waals surface area contributed by atoms with Crippen molar-refractivity contribution in [2.45, 2.75) is 78.6 Å². The van der Waals surface area contributed by atoms with Gasteiger partial charge in [0.25, 0.3) is 0 Å². The predicted molar refractivity (Wildman–Crippen MR) is 344 cm³/mol. The van der Waals surface area contributed by atoms with E-state index in [2.05, 4.69) is 118 Å². The van der Waals surface area contributed by atoms with Gasteiger partial charge in [0.2, 0.25) is 0 Å². The van der Waals surface area contributed by atoms with Crippen LogP contribution in [0.1, 0.15) is 92.7 Å². The summed E-state index contributed by atoms with van der Waals surface area (Å²) < 4.78 is 99.9. The molecule has 1 aliphatic heterocycles. The number of ether oxygens (including phenoxy) is 1. The second-order valence-corrected chi connectivity index (χ2v) is 24.1. The summed E-state index contributed by atoms with van der Waals surface area (Å²) in [5, 5.41) is 1.89. The summed E-state index contributed by atoms with van der Waals surface area (Å²) in [5.41, 5.74) is 8.63. The van der Waals surface area contributed by atoms with Crippen LogP contribution in [0.25, 0.3) is 84.0 Å². The molecule has 9 aromatic carbocycles. The highest BCUT2D eigenvalue weighted by Crippen LogP contribution is 2.52. The third-order valence-corrected chi connectivity index (χ3v) is 15.4. The van der Waals surface area contributed by atoms with Gasteiger partial charge in [0.15, 0.2) is 17.5 Å². The van der Waals surface area contributed by atoms with E-state index in [4.69, 9.17) is 32.9 Å². The van der Waals surface area contributed by atoms with Gasteiger partial charge < -0.3 is 14.5 Å². The molecule has 0 bridgehead atoms. The molecule has 12 aromatic rings. The summed E-state index contributed by atoms with van der Waals surface area (Å²) in [4.78, 5) is 24.7. The fourth-order valence-corrected chi connectivity index (χ4v) is 11.0. The van der Waals surface area contributed by atoms with Crippen LogP contribution in [-0.2, 0) is 16.2 Å². The third-order valence-electron chi connectivity index (χ3n) is 15.4. The lowest BCUT2D eigenvalue weighted by Gasteiger charge is -2.30. The molecule has 0 fully saturated rings. The van der Waals surface area contributed by atoms with E-state index < -0.39 is 65.8 Å². The highest BCUT2D eigenvalue weighted by atomic mass is 16.5. The van der Waals surface area contributed by atoms with E-state index in [1.54, 1.807) is 18.3 Å². The SMILES string of the molecule is [2H]c1c([2H])c([2H])c(-c2cc(C(C)(C)C)cc(-c3c([2H])c([2H])c([2H])c([2H])c3[2H])c2N2CN(c3cccc(Oc4cc5c(cc4-c4nc(-c6ccc(C(C)(C)C)cc6)nc(-c6ccc(C(C)(C)C)cc6)n4)c4ccccc4n5-c4ccccn4)c3)c3ccccc32)c([2H])c1[2H]. The number of aromatic nitrogens is 5. The van der Waals surface area contributed by atoms with Crippen molar-refractivity contribution in [3.8, 4) is 73.7 Å². The predicted octanol–water partition coefficient (Wildman–Crippen LogP) is 19.6. The van der Waals surface area contributed by atoms with Crippen molar-refractivity contribution in [2.24, 2.45) is 0 Å². The largest absolute Gasteiger partial charge is 0.456 e. The van der Waals surface area contributed by atoms with Gasteiger partial charge in [0.1, 0.15) is 24.0 Å². The second-order valence-electron chi connectivity index (χ2n) is 24.1. The smallest absolute Gasteiger partial charge is 0.167 e. The van der Waals surface area contributed by atoms with E-state index in [1.165, 1.54) is 11.1 Å². The van der Waals surface area contributed by atoms with Gasteiger partial charge in [-0.3, -0.25) is 4.57 Å². The van der Waals surface area contributed by atoms with Crippen molar-refractivity contribution < 1.29 is 18.4 Å². The van der Waals surface area contributed by atoms with Gasteiger partial charge in [-0.25, -0.2) is 19.9 Å². The average Bonchev–Trinajstić information content (AvgIpc) is 1.71. The normalized spacial score (nSPS) is 14.5. The molecule has 408 valence electrons. The number of benzene rings is 9. The number of fused-ring (bicyclic) bond motifs is 4. The van der Waals surface area contributed by atoms with Crippen molar-refractivity contribution in [2.75, 3.05) is 16.5 Å². The first-order valence-corrected chi connectivity index (χ1v) is 27.9. The van der Waals surface area contributed by atoms with Crippen molar-refractivity contribution in [1.29, 1.82) is 0 Å². The molecule has 4 heterocycles. The van der Waals surface area contributed by atoms with E-state index in [1.807, 2.05) is 111 Å². The second kappa shape index (κ2) is 20.7. The summed E-state index contributed by atoms with van der Waals surface area (Å²) in [6.45, 7) is 19.0. The van der Waals surface area contributed by atoms with Crippen LogP contribution >= 0.6 is 0 Å². The van der Waals surface area contributed by atoms with E-state index in [0.717, 1.165) is 32.9 Å². The molecule has 1 aliphatic rings. The number of nitrogens with zero attached hydrogens (tertiary/aromatic N) is 7. The van der Waals surface area contributed by atoms with Gasteiger partial charge in [-0.1, -0.05) is 214 Å². The van der Waals surface area contributed by atoms with Gasteiger partial charge in [0, 0.05) is 57.0 Å². The molecule has 0 aliphatic carbocycles. The molecule has 0 N–H and O–H groups in total. The average molecular weight is 1090 g/mol. The lowest BCUT2D eigenvalue weighted by molar-refractivity contribution is 0.484. The quantitative estimate of drug-likeness (QED) is 0.135. The van der Waals surface area contributed by atoms with Crippen molar-refractivity contribution in [3.05, 3.63) is 247 Å². The summed E-state index contributed by atoms with van der Waals surface area (Å²) in [6, 6.07) is 48.6. The summed E-state index contributed by atoms with van der Waals surface area (Å²) in [7, 11) is 0. The van der Waals surface area contributed by atoms with Crippen LogP contribution in [0, 0.1) is 0 Å². The Morgan fingerprint density at radius 1 is 0.434 bits per heavy atom. The Hall–Kier alpha value is -9.66. The molecule has 0 atom stereocenters. The van der Waals surface area contributed by atoms with Gasteiger partial charge in [-0.2, -0.15) is 0 Å². The number of rotatable bonds is 10. The van der Waals surface area contributed by atoms with Crippen LogP contribution in [-0.4, -0.2) is 31.2 Å². The van der Waals surface area contributed by atoms with Crippen LogP contribution in [0.3, 0.4) is 0 Å². The zero-order valence-corrected chi connectivity index (χ0v) is 47.9. The molecule has 8 nitrogen and oxygen atoms in total. The van der Waals surface area contributed by atoms with Crippen LogP contribution in [0.15, 0.2) is 230 Å². The zero-order valence-electron chi connectivity index (χ0n) is 57.9. The first-order chi connectivity index (χ1) is 44.2. The maximum absolute atomic E-state index is 9.42. The number of hydrogen-bond donors (Lipinski definition) is 0. The van der Waals surface area contributed by atoms with Crippen LogP contribution < -0.4 is 14.5 Å². The Kier molecular flexibility index (Phi) is 10.5. The molecular formula is C75H67N7O. The molecule has 8 heteroatoms. The lowest BCUT2D eigenvalue weighted by atomic mass is 9.82. The number of para-hydroxylation sites is 3. The molecule has 0 unspecified atom stereocenters. The van der Waals surface area contributed by atoms with Gasteiger partial charge in [-0.15, -0.1) is 0 Å². The molecular weight excluding hydrogens is 1010 g/mol. The minimum atomic E-state index is -0.650. The fraction of sp³-hybridized carbons (Fsp3) is 0.173. The first kappa shape index (κ1) is 42.2. The topological polar surface area (TPSA) is 72.2 Å². The summed E-state index contributed by atoms with van der Waals surface area (Å²) >= 11 is 0. The minimum absolute atomic E-state index is 0.0419. The molecule has 0 spiro atoms. The molecule has 0 amide bonds. The van der Waals surface area contributed by atoms with Crippen LogP contribution in [0.5, 0.6) is 11.5 Å². The third kappa shape index (κ3) is 10.1. The zero-order chi connectivity index (χ0) is 65.9. The number of pyridine rings is 1. The van der Waals surface area contributed by atoms with Crippen LogP contribution in [0.2, 0.25) is 0 Å². The Bertz CT molecular complexity index is 4770. The highest BCUT2D eigenvalue weighted by molar-refractivity contribution is 6.11. The maximum Gasteiger partial charge on any atom is 0.167 e. The maximum atomic E-state index is 9.42. The Balaban J connectivity index is 1.01. The highest BCUT2D eigenvalue weighted by Gasteiger charge is 2.33. The minimum Gasteiger partial charge on any atom is -0.456 e. The Morgan fingerprint density at radius 2 is 0.976 bits per heavy atom. The molecule has 0 saturated carbocycles. The molecule has 13 rings (SSSR count). The monoisotopic (exact) mass is 1090 g/mol. The fourth-order valence-electron chi connectivity index (χ4n) is 11.0. The van der Waals surface area contributed by atoms with Crippen molar-refractivity contribution >= 4 is 44.6 Å². The van der Waals surface area contributed by atoms with E-state index in [-0.39, 0.29) is 45.4 Å². The van der Waals surface area contributed by atoms with E-state index in [9.17, 15) is 5.48 Å². The lowest BCUT2D eigenvalue weighted by Crippen LogP contribution is -2.25. The Labute approximate surface area is 501 Å². The van der Waals surface area contributed by atoms with Gasteiger partial charge >= 0.3 is 0 Å². The number of hydrogen-bond acceptors (Lipinski definition) is 7. The van der Waals surface area contributed by atoms with Crippen molar-refractivity contribution in [1.82, 2.24) is 24.5 Å². The van der Waals surface area contributed by atoms with E-state index >= 15 is 0 Å². The number of anilines is 4. The van der Waals surface area contributed by atoms with Gasteiger partial charge in [0.05, 0.1) is 47.4 Å². The van der Waals surface area contributed by atoms with Gasteiger partial charge in [-0.05, 0) is 105 Å². The summed E-state index contributed by atoms with van der Waals surface area (Å²) in [5.74, 6) is 2.93. The molecule has 0 saturated heterocycles. The van der Waals surface area contributed by atoms with E-state index in [0.29, 0.717) is 63.0 Å². The molecule has 83 heavy (non-hydrogen) atoms. The Morgan fingerprint density at radius 3 is 1.54 bits per heavy atom. The van der Waals surface area contributed by atoms with Crippen molar-refractivity contribution in [3.63, 3.8) is 0 Å². The summed E-state index contributed by atoms with van der Waals surface area (Å²) in [6.07, 6.45) is 1.77. The standard InChI is InChI=1S/C75H67N7O/c1-73(2,3)53-38-34-51(35-39-53)70-77-71(52-36-40-54(41-37-52)74(4,5)6)79-72(78-70)62-46-61-58-29-16-17-30-63(58)82(68-33-20-21-42-76-68)66(61)47-67(62)83-57-28-22-27-56(45-57)80-48-81(65-32-19-18-31-64(65)80)69-59(49-23-12-10-13-24-49)43-55(75(7,8)9)44-60(69)50-25-14-11-15-26-50/h10-47H,48H2,1-9H3/i10D,11D,12D,13D,14D,15D,23D,24D,25D,26D. The van der Waals surface area contributed by atoms with Crippen LogP contribution in [0.4, 0.5) is 22.7 Å². The first-order valence-electron chi connectivity index (χ1n) is 32.9. The molecule has 3 aromatic heterocycles. The molecule has 0 radical (unpaired) electrons.